The quantitative estimate of drug-likeness (QED) is 0.488. The third-order valence-corrected chi connectivity index (χ3v) is 3.71. The minimum Gasteiger partial charge on any atom is -0.365 e. The van der Waals surface area contributed by atoms with E-state index in [9.17, 15) is 9.59 Å². The zero-order valence-electron chi connectivity index (χ0n) is 15.4. The van der Waals surface area contributed by atoms with E-state index in [1.54, 1.807) is 35.1 Å². The van der Waals surface area contributed by atoms with Crippen molar-refractivity contribution in [1.82, 2.24) is 19.7 Å². The monoisotopic (exact) mass is 380 g/mol. The Morgan fingerprint density at radius 3 is 2.68 bits per heavy atom. The number of benzene rings is 1. The van der Waals surface area contributed by atoms with Crippen LogP contribution in [-0.4, -0.2) is 31.6 Å². The molecule has 0 aliphatic heterocycles. The van der Waals surface area contributed by atoms with Gasteiger partial charge in [-0.2, -0.15) is 10.1 Å². The highest BCUT2D eigenvalue weighted by atomic mass is 16.1. The molecule has 0 bridgehead atoms. The maximum Gasteiger partial charge on any atom is 0.254 e. The second-order valence-corrected chi connectivity index (χ2v) is 6.08. The summed E-state index contributed by atoms with van der Waals surface area (Å²) in [7, 11) is 1.82. The van der Waals surface area contributed by atoms with E-state index in [2.05, 4.69) is 31.0 Å². The van der Waals surface area contributed by atoms with Crippen LogP contribution in [0.1, 0.15) is 22.8 Å². The molecule has 2 aromatic heterocycles. The number of primary amides is 1. The van der Waals surface area contributed by atoms with Crippen molar-refractivity contribution >= 4 is 35.0 Å². The Bertz CT molecular complexity index is 1010. The molecule has 0 unspecified atom stereocenters. The highest BCUT2D eigenvalue weighted by Crippen LogP contribution is 2.20. The molecule has 0 aliphatic carbocycles. The summed E-state index contributed by atoms with van der Waals surface area (Å²) in [6.07, 6.45) is 4.93. The third-order valence-electron chi connectivity index (χ3n) is 3.71. The molecule has 0 atom stereocenters. The average Bonchev–Trinajstić information content (AvgIpc) is 3.05. The summed E-state index contributed by atoms with van der Waals surface area (Å²) in [6, 6.07) is 7.10. The predicted molar refractivity (Wildman–Crippen MR) is 105 cm³/mol. The molecule has 28 heavy (non-hydrogen) atoms. The minimum absolute atomic E-state index is 0.166. The molecule has 10 heteroatoms. The van der Waals surface area contributed by atoms with Crippen molar-refractivity contribution in [2.45, 2.75) is 13.5 Å². The fourth-order valence-electron chi connectivity index (χ4n) is 2.51. The van der Waals surface area contributed by atoms with E-state index >= 15 is 0 Å². The van der Waals surface area contributed by atoms with Crippen LogP contribution >= 0.6 is 0 Å². The zero-order valence-corrected chi connectivity index (χ0v) is 15.4. The van der Waals surface area contributed by atoms with Gasteiger partial charge in [-0.05, 0) is 18.2 Å². The molecule has 0 saturated heterocycles. The van der Waals surface area contributed by atoms with Gasteiger partial charge in [0, 0.05) is 49.8 Å². The standard InChI is InChI=1S/C18H20N8O2/c1-11(27)23-13-4-3-5-14(6-13)24-18-21-9-15(16(19)28)17(25-18)20-7-12-8-22-26(2)10-12/h3-6,8-10H,7H2,1-2H3,(H2,19,28)(H,23,27)(H2,20,21,24,25). The van der Waals surface area contributed by atoms with Crippen LogP contribution in [0.25, 0.3) is 0 Å². The van der Waals surface area contributed by atoms with E-state index in [0.29, 0.717) is 23.7 Å². The molecular formula is C18H20N8O2. The van der Waals surface area contributed by atoms with Crippen LogP contribution < -0.4 is 21.7 Å². The number of carbonyl (C=O) groups is 2. The first-order valence-electron chi connectivity index (χ1n) is 8.43. The molecule has 0 saturated carbocycles. The molecule has 0 fully saturated rings. The van der Waals surface area contributed by atoms with Crippen molar-refractivity contribution in [2.24, 2.45) is 12.8 Å². The van der Waals surface area contributed by atoms with Gasteiger partial charge >= 0.3 is 0 Å². The number of aromatic nitrogens is 4. The second kappa shape index (κ2) is 8.16. The fourth-order valence-corrected chi connectivity index (χ4v) is 2.51. The Morgan fingerprint density at radius 1 is 1.21 bits per heavy atom. The van der Waals surface area contributed by atoms with Crippen molar-refractivity contribution in [3.05, 3.63) is 54.0 Å². The van der Waals surface area contributed by atoms with Crippen molar-refractivity contribution in [2.75, 3.05) is 16.0 Å². The van der Waals surface area contributed by atoms with Gasteiger partial charge < -0.3 is 21.7 Å². The molecule has 3 rings (SSSR count). The number of nitrogens with one attached hydrogen (secondary N) is 3. The number of anilines is 4. The summed E-state index contributed by atoms with van der Waals surface area (Å²) in [5.41, 5.74) is 7.84. The largest absolute Gasteiger partial charge is 0.365 e. The van der Waals surface area contributed by atoms with Crippen LogP contribution in [0.2, 0.25) is 0 Å². The number of nitrogens with two attached hydrogens (primary N) is 1. The number of amides is 2. The second-order valence-electron chi connectivity index (χ2n) is 6.08. The minimum atomic E-state index is -0.632. The Hall–Kier alpha value is -3.95. The molecule has 2 heterocycles. The predicted octanol–water partition coefficient (Wildman–Crippen LogP) is 1.62. The number of nitrogens with zero attached hydrogens (tertiary/aromatic N) is 4. The van der Waals surface area contributed by atoms with Gasteiger partial charge in [0.25, 0.3) is 5.91 Å². The van der Waals surface area contributed by atoms with Gasteiger partial charge in [0.2, 0.25) is 11.9 Å². The molecule has 0 radical (unpaired) electrons. The van der Waals surface area contributed by atoms with Gasteiger partial charge in [0.15, 0.2) is 0 Å². The van der Waals surface area contributed by atoms with E-state index in [0.717, 1.165) is 5.56 Å². The van der Waals surface area contributed by atoms with Crippen molar-refractivity contribution < 1.29 is 9.59 Å². The molecule has 10 nitrogen and oxygen atoms in total. The van der Waals surface area contributed by atoms with Crippen molar-refractivity contribution in [3.8, 4) is 0 Å². The number of aryl methyl sites for hydroxylation is 1. The zero-order chi connectivity index (χ0) is 20.1. The third kappa shape index (κ3) is 4.81. The Kier molecular flexibility index (Phi) is 5.49. The molecule has 2 amide bonds. The molecule has 0 spiro atoms. The van der Waals surface area contributed by atoms with Crippen molar-refractivity contribution in [1.29, 1.82) is 0 Å². The first-order valence-corrected chi connectivity index (χ1v) is 8.43. The van der Waals surface area contributed by atoms with Gasteiger partial charge in [-0.1, -0.05) is 6.07 Å². The summed E-state index contributed by atoms with van der Waals surface area (Å²) in [6.45, 7) is 1.86. The average molecular weight is 380 g/mol. The van der Waals surface area contributed by atoms with E-state index in [-0.39, 0.29) is 17.4 Å². The Morgan fingerprint density at radius 2 is 2.00 bits per heavy atom. The first-order chi connectivity index (χ1) is 13.4. The Labute approximate surface area is 161 Å². The summed E-state index contributed by atoms with van der Waals surface area (Å²) >= 11 is 0. The highest BCUT2D eigenvalue weighted by molar-refractivity contribution is 5.97. The van der Waals surface area contributed by atoms with Gasteiger partial charge in [0.05, 0.1) is 11.8 Å². The lowest BCUT2D eigenvalue weighted by Gasteiger charge is -2.11. The van der Waals surface area contributed by atoms with E-state index in [4.69, 9.17) is 5.73 Å². The van der Waals surface area contributed by atoms with Crippen molar-refractivity contribution in [3.63, 3.8) is 0 Å². The first kappa shape index (κ1) is 18.8. The molecule has 3 aromatic rings. The lowest BCUT2D eigenvalue weighted by molar-refractivity contribution is -0.114. The Balaban J connectivity index is 1.80. The maximum atomic E-state index is 11.7. The molecular weight excluding hydrogens is 360 g/mol. The van der Waals surface area contributed by atoms with E-state index in [1.165, 1.54) is 13.1 Å². The van der Waals surface area contributed by atoms with Crippen LogP contribution in [0.4, 0.5) is 23.1 Å². The summed E-state index contributed by atoms with van der Waals surface area (Å²) in [5.74, 6) is -0.209. The van der Waals surface area contributed by atoms with Crippen LogP contribution in [0.3, 0.4) is 0 Å². The normalized spacial score (nSPS) is 10.4. The van der Waals surface area contributed by atoms with Gasteiger partial charge in [-0.3, -0.25) is 14.3 Å². The summed E-state index contributed by atoms with van der Waals surface area (Å²) in [4.78, 5) is 31.4. The number of hydrogen-bond acceptors (Lipinski definition) is 7. The molecule has 144 valence electrons. The molecule has 5 N–H and O–H groups in total. The lowest BCUT2D eigenvalue weighted by Crippen LogP contribution is -2.17. The summed E-state index contributed by atoms with van der Waals surface area (Å²) in [5, 5.41) is 12.9. The van der Waals surface area contributed by atoms with Crippen LogP contribution in [-0.2, 0) is 18.4 Å². The van der Waals surface area contributed by atoms with E-state index in [1.807, 2.05) is 13.2 Å². The van der Waals surface area contributed by atoms with Gasteiger partial charge in [-0.15, -0.1) is 0 Å². The van der Waals surface area contributed by atoms with Gasteiger partial charge in [0.1, 0.15) is 5.82 Å². The van der Waals surface area contributed by atoms with E-state index < -0.39 is 5.91 Å². The number of carbonyl (C=O) groups excluding carboxylic acids is 2. The fraction of sp³-hybridized carbons (Fsp3) is 0.167. The summed E-state index contributed by atoms with van der Waals surface area (Å²) < 4.78 is 1.68. The van der Waals surface area contributed by atoms with Crippen LogP contribution in [0.5, 0.6) is 0 Å². The molecule has 1 aromatic carbocycles. The SMILES string of the molecule is CC(=O)Nc1cccc(Nc2ncc(C(N)=O)c(NCc3cnn(C)c3)n2)c1. The highest BCUT2D eigenvalue weighted by Gasteiger charge is 2.13. The molecule has 0 aliphatic rings. The van der Waals surface area contributed by atoms with Crippen LogP contribution in [0.15, 0.2) is 42.9 Å². The lowest BCUT2D eigenvalue weighted by atomic mass is 10.2. The number of hydrogen-bond donors (Lipinski definition) is 4. The van der Waals surface area contributed by atoms with Crippen LogP contribution in [0, 0.1) is 0 Å². The smallest absolute Gasteiger partial charge is 0.254 e. The van der Waals surface area contributed by atoms with Gasteiger partial charge in [-0.25, -0.2) is 4.98 Å². The topological polar surface area (TPSA) is 140 Å². The number of rotatable bonds is 7. The maximum absolute atomic E-state index is 11.7.